The minimum Gasteiger partial charge on any atom is -0.0991 e. The lowest BCUT2D eigenvalue weighted by molar-refractivity contribution is 1.36. The summed E-state index contributed by atoms with van der Waals surface area (Å²) in [7, 11) is 0. The van der Waals surface area contributed by atoms with Crippen molar-refractivity contribution in [2.45, 2.75) is 13.8 Å². The Morgan fingerprint density at radius 3 is 2.08 bits per heavy atom. The van der Waals surface area contributed by atoms with Crippen LogP contribution in [0.5, 0.6) is 0 Å². The van der Waals surface area contributed by atoms with Gasteiger partial charge in [-0.05, 0) is 25.0 Å². The molecule has 0 aliphatic carbocycles. The SMILES string of the molecule is C=C/C=C\C(C(=C)C)=C(/C)C=C. The highest BCUT2D eigenvalue weighted by atomic mass is 14.0. The zero-order chi connectivity index (χ0) is 9.56. The first kappa shape index (κ1) is 10.7. The fraction of sp³-hybridized carbons (Fsp3) is 0.167. The van der Waals surface area contributed by atoms with Gasteiger partial charge in [0.2, 0.25) is 0 Å². The second kappa shape index (κ2) is 5.36. The van der Waals surface area contributed by atoms with E-state index in [-0.39, 0.29) is 0 Å². The molecular formula is C12H16. The lowest BCUT2D eigenvalue weighted by atomic mass is 10.0. The summed E-state index contributed by atoms with van der Waals surface area (Å²) in [5.41, 5.74) is 3.32. The van der Waals surface area contributed by atoms with E-state index in [2.05, 4.69) is 19.7 Å². The Kier molecular flexibility index (Phi) is 4.78. The Hall–Kier alpha value is -1.30. The first-order chi connectivity index (χ1) is 5.63. The molecule has 0 heterocycles. The molecule has 0 fully saturated rings. The van der Waals surface area contributed by atoms with Crippen LogP contribution in [0.15, 0.2) is 60.8 Å². The Morgan fingerprint density at radius 2 is 1.75 bits per heavy atom. The Labute approximate surface area is 75.3 Å². The first-order valence-electron chi connectivity index (χ1n) is 3.91. The van der Waals surface area contributed by atoms with Gasteiger partial charge in [-0.3, -0.25) is 0 Å². The average Bonchev–Trinajstić information content (AvgIpc) is 2.04. The van der Waals surface area contributed by atoms with Crippen molar-refractivity contribution in [1.29, 1.82) is 0 Å². The smallest absolute Gasteiger partial charge is 0.0204 e. The Balaban J connectivity index is 4.90. The summed E-state index contributed by atoms with van der Waals surface area (Å²) >= 11 is 0. The van der Waals surface area contributed by atoms with E-state index in [1.807, 2.05) is 32.1 Å². The Morgan fingerprint density at radius 1 is 1.17 bits per heavy atom. The number of hydrogen-bond acceptors (Lipinski definition) is 0. The van der Waals surface area contributed by atoms with Gasteiger partial charge in [0.1, 0.15) is 0 Å². The van der Waals surface area contributed by atoms with E-state index in [9.17, 15) is 0 Å². The van der Waals surface area contributed by atoms with Gasteiger partial charge >= 0.3 is 0 Å². The van der Waals surface area contributed by atoms with Gasteiger partial charge in [0.15, 0.2) is 0 Å². The molecule has 0 heteroatoms. The number of hydrogen-bond donors (Lipinski definition) is 0. The number of allylic oxidation sites excluding steroid dienone is 7. The van der Waals surface area contributed by atoms with Gasteiger partial charge in [-0.2, -0.15) is 0 Å². The lowest BCUT2D eigenvalue weighted by Gasteiger charge is -2.03. The predicted octanol–water partition coefficient (Wildman–Crippen LogP) is 3.81. The lowest BCUT2D eigenvalue weighted by Crippen LogP contribution is -1.83. The highest BCUT2D eigenvalue weighted by Crippen LogP contribution is 2.14. The molecule has 0 rings (SSSR count). The molecular weight excluding hydrogens is 144 g/mol. The van der Waals surface area contributed by atoms with Gasteiger partial charge in [-0.25, -0.2) is 0 Å². The van der Waals surface area contributed by atoms with Gasteiger partial charge in [0, 0.05) is 0 Å². The van der Waals surface area contributed by atoms with E-state index in [1.54, 1.807) is 6.08 Å². The number of rotatable bonds is 4. The van der Waals surface area contributed by atoms with E-state index < -0.39 is 0 Å². The van der Waals surface area contributed by atoms with Gasteiger partial charge < -0.3 is 0 Å². The molecule has 0 saturated heterocycles. The van der Waals surface area contributed by atoms with Crippen LogP contribution in [0.2, 0.25) is 0 Å². The van der Waals surface area contributed by atoms with Gasteiger partial charge in [-0.1, -0.05) is 49.6 Å². The van der Waals surface area contributed by atoms with Crippen LogP contribution in [-0.4, -0.2) is 0 Å². The monoisotopic (exact) mass is 160 g/mol. The van der Waals surface area contributed by atoms with Crippen LogP contribution in [0.4, 0.5) is 0 Å². The van der Waals surface area contributed by atoms with Crippen LogP contribution >= 0.6 is 0 Å². The normalized spacial score (nSPS) is 12.5. The summed E-state index contributed by atoms with van der Waals surface area (Å²) in [6.45, 7) is 15.2. The minimum absolute atomic E-state index is 1.05. The molecule has 0 aromatic carbocycles. The van der Waals surface area contributed by atoms with Crippen molar-refractivity contribution >= 4 is 0 Å². The minimum atomic E-state index is 1.05. The van der Waals surface area contributed by atoms with Crippen LogP contribution in [-0.2, 0) is 0 Å². The van der Waals surface area contributed by atoms with Crippen molar-refractivity contribution in [2.24, 2.45) is 0 Å². The molecule has 64 valence electrons. The second-order valence-electron chi connectivity index (χ2n) is 2.68. The third kappa shape index (κ3) is 3.20. The Bertz CT molecular complexity index is 249. The van der Waals surface area contributed by atoms with E-state index in [4.69, 9.17) is 0 Å². The largest absolute Gasteiger partial charge is 0.0991 e. The van der Waals surface area contributed by atoms with Crippen LogP contribution in [0.3, 0.4) is 0 Å². The van der Waals surface area contributed by atoms with E-state index in [1.165, 1.54) is 0 Å². The maximum Gasteiger partial charge on any atom is -0.0204 e. The fourth-order valence-corrected chi connectivity index (χ4v) is 0.885. The van der Waals surface area contributed by atoms with Crippen molar-refractivity contribution in [3.63, 3.8) is 0 Å². The van der Waals surface area contributed by atoms with Crippen LogP contribution in [0.25, 0.3) is 0 Å². The molecule has 0 saturated carbocycles. The predicted molar refractivity (Wildman–Crippen MR) is 57.0 cm³/mol. The molecule has 0 nitrogen and oxygen atoms in total. The molecule has 0 N–H and O–H groups in total. The third-order valence-electron chi connectivity index (χ3n) is 1.59. The molecule has 0 radical (unpaired) electrons. The molecule has 0 bridgehead atoms. The molecule has 0 unspecified atom stereocenters. The average molecular weight is 160 g/mol. The molecule has 0 aliphatic heterocycles. The van der Waals surface area contributed by atoms with Crippen molar-refractivity contribution in [2.75, 3.05) is 0 Å². The van der Waals surface area contributed by atoms with Crippen molar-refractivity contribution in [1.82, 2.24) is 0 Å². The van der Waals surface area contributed by atoms with Crippen LogP contribution in [0, 0.1) is 0 Å². The molecule has 0 aromatic rings. The topological polar surface area (TPSA) is 0 Å². The van der Waals surface area contributed by atoms with E-state index in [0.29, 0.717) is 0 Å². The quantitative estimate of drug-likeness (QED) is 0.549. The van der Waals surface area contributed by atoms with E-state index in [0.717, 1.165) is 16.7 Å². The summed E-state index contributed by atoms with van der Waals surface area (Å²) in [5, 5.41) is 0. The maximum atomic E-state index is 3.89. The zero-order valence-corrected chi connectivity index (χ0v) is 7.93. The zero-order valence-electron chi connectivity index (χ0n) is 7.93. The van der Waals surface area contributed by atoms with Crippen LogP contribution < -0.4 is 0 Å². The van der Waals surface area contributed by atoms with Gasteiger partial charge in [0.25, 0.3) is 0 Å². The summed E-state index contributed by atoms with van der Waals surface area (Å²) in [5.74, 6) is 0. The first-order valence-corrected chi connectivity index (χ1v) is 3.91. The summed E-state index contributed by atoms with van der Waals surface area (Å²) in [6, 6.07) is 0. The van der Waals surface area contributed by atoms with Gasteiger partial charge in [0.05, 0.1) is 0 Å². The highest BCUT2D eigenvalue weighted by Gasteiger charge is 1.95. The molecule has 0 spiro atoms. The molecule has 0 aromatic heterocycles. The standard InChI is InChI=1S/C12H16/c1-6-8-9-12(10(3)4)11(5)7-2/h6-9H,1-3H2,4-5H3/b9-8-,12-11-. The van der Waals surface area contributed by atoms with Gasteiger partial charge in [-0.15, -0.1) is 0 Å². The fourth-order valence-electron chi connectivity index (χ4n) is 0.885. The molecule has 12 heavy (non-hydrogen) atoms. The molecule has 0 aliphatic rings. The maximum absolute atomic E-state index is 3.89. The third-order valence-corrected chi connectivity index (χ3v) is 1.59. The molecule has 0 atom stereocenters. The summed E-state index contributed by atoms with van der Waals surface area (Å²) < 4.78 is 0. The second-order valence-corrected chi connectivity index (χ2v) is 2.68. The van der Waals surface area contributed by atoms with Crippen LogP contribution in [0.1, 0.15) is 13.8 Å². The van der Waals surface area contributed by atoms with Crippen molar-refractivity contribution in [3.05, 3.63) is 60.8 Å². The molecule has 0 amide bonds. The summed E-state index contributed by atoms with van der Waals surface area (Å²) in [4.78, 5) is 0. The van der Waals surface area contributed by atoms with Crippen molar-refractivity contribution in [3.8, 4) is 0 Å². The summed E-state index contributed by atoms with van der Waals surface area (Å²) in [6.07, 6.45) is 7.47. The van der Waals surface area contributed by atoms with Crippen molar-refractivity contribution < 1.29 is 0 Å². The van der Waals surface area contributed by atoms with E-state index >= 15 is 0 Å². The highest BCUT2D eigenvalue weighted by molar-refractivity contribution is 5.44.